The maximum Gasteiger partial charge on any atom is 0.129 e. The summed E-state index contributed by atoms with van der Waals surface area (Å²) in [7, 11) is 0. The zero-order valence-electron chi connectivity index (χ0n) is 13.8. The molecule has 4 aliphatic rings. The summed E-state index contributed by atoms with van der Waals surface area (Å²) in [6.07, 6.45) is 6.25. The Morgan fingerprint density at radius 1 is 1.22 bits per heavy atom. The molecule has 2 aliphatic heterocycles. The van der Waals surface area contributed by atoms with Gasteiger partial charge in [0.05, 0.1) is 36.7 Å². The van der Waals surface area contributed by atoms with Gasteiger partial charge in [-0.05, 0) is 56.6 Å². The average Bonchev–Trinajstić information content (AvgIpc) is 2.46. The number of hydrogen-bond acceptors (Lipinski definition) is 5. The summed E-state index contributed by atoms with van der Waals surface area (Å²) in [5, 5.41) is 3.69. The van der Waals surface area contributed by atoms with Gasteiger partial charge < -0.3 is 20.7 Å². The molecule has 1 aromatic rings. The molecular formula is C18H26N4O. The van der Waals surface area contributed by atoms with Gasteiger partial charge in [-0.15, -0.1) is 0 Å². The Morgan fingerprint density at radius 2 is 1.96 bits per heavy atom. The number of aryl methyl sites for hydroxylation is 1. The van der Waals surface area contributed by atoms with E-state index in [4.69, 9.17) is 15.5 Å². The van der Waals surface area contributed by atoms with E-state index in [1.807, 2.05) is 0 Å². The Bertz CT molecular complexity index is 605. The van der Waals surface area contributed by atoms with Crippen LogP contribution in [0.25, 0.3) is 0 Å². The Kier molecular flexibility index (Phi) is 2.95. The summed E-state index contributed by atoms with van der Waals surface area (Å²) in [5.74, 6) is 1.12. The molecule has 3 N–H and O–H groups in total. The molecule has 5 heteroatoms. The summed E-state index contributed by atoms with van der Waals surface area (Å²) >= 11 is 0. The highest BCUT2D eigenvalue weighted by atomic mass is 16.5. The number of rotatable bonds is 3. The molecule has 0 amide bonds. The topological polar surface area (TPSA) is 63.4 Å². The van der Waals surface area contributed by atoms with E-state index in [2.05, 4.69) is 29.3 Å². The molecule has 2 aliphatic carbocycles. The number of aromatic nitrogens is 1. The number of pyridine rings is 1. The van der Waals surface area contributed by atoms with E-state index >= 15 is 0 Å². The smallest absolute Gasteiger partial charge is 0.129 e. The van der Waals surface area contributed by atoms with Gasteiger partial charge in [-0.1, -0.05) is 0 Å². The number of nitrogens with zero attached hydrogens (tertiary/aromatic N) is 2. The summed E-state index contributed by atoms with van der Waals surface area (Å²) in [5.41, 5.74) is 8.83. The normalized spacial score (nSPS) is 41.0. The van der Waals surface area contributed by atoms with E-state index in [0.29, 0.717) is 29.6 Å². The highest BCUT2D eigenvalue weighted by Gasteiger charge is 2.51. The van der Waals surface area contributed by atoms with Crippen molar-refractivity contribution in [3.8, 4) is 0 Å². The Hall–Kier alpha value is -1.33. The van der Waals surface area contributed by atoms with Crippen LogP contribution in [0.5, 0.6) is 0 Å². The summed E-state index contributed by atoms with van der Waals surface area (Å²) in [6, 6.07) is 6.52. The molecule has 124 valence electrons. The van der Waals surface area contributed by atoms with Crippen molar-refractivity contribution in [2.24, 2.45) is 11.1 Å². The molecule has 23 heavy (non-hydrogen) atoms. The zero-order chi connectivity index (χ0) is 15.6. The van der Waals surface area contributed by atoms with E-state index in [-0.39, 0.29) is 0 Å². The molecular weight excluding hydrogens is 288 g/mol. The van der Waals surface area contributed by atoms with Crippen molar-refractivity contribution in [3.63, 3.8) is 0 Å². The third kappa shape index (κ3) is 2.17. The summed E-state index contributed by atoms with van der Waals surface area (Å²) < 4.78 is 5.56. The third-order valence-corrected chi connectivity index (χ3v) is 6.40. The molecule has 2 saturated heterocycles. The molecule has 2 bridgehead atoms. The average molecular weight is 314 g/mol. The lowest BCUT2D eigenvalue weighted by atomic mass is 9.52. The van der Waals surface area contributed by atoms with Crippen LogP contribution in [0.2, 0.25) is 0 Å². The predicted molar refractivity (Wildman–Crippen MR) is 90.8 cm³/mol. The molecule has 5 rings (SSSR count). The lowest BCUT2D eigenvalue weighted by Gasteiger charge is -2.57. The highest BCUT2D eigenvalue weighted by Crippen LogP contribution is 2.56. The molecule has 3 heterocycles. The molecule has 0 aromatic carbocycles. The van der Waals surface area contributed by atoms with Crippen molar-refractivity contribution in [1.82, 2.24) is 4.98 Å². The number of morpholine rings is 1. The van der Waals surface area contributed by atoms with Gasteiger partial charge in [-0.3, -0.25) is 0 Å². The van der Waals surface area contributed by atoms with Crippen LogP contribution in [-0.2, 0) is 4.74 Å². The van der Waals surface area contributed by atoms with Crippen molar-refractivity contribution in [2.45, 2.75) is 63.2 Å². The standard InChI is InChI=1S/C18H26N4O/c1-11-16(21-13-7-18(8-13)5-12(19)6-18)2-3-17(20-11)22-14-4-15(22)10-23-9-14/h2-3,12-15,21H,4-10,19H2,1H3. The quantitative estimate of drug-likeness (QED) is 0.894. The first-order valence-corrected chi connectivity index (χ1v) is 8.98. The van der Waals surface area contributed by atoms with Gasteiger partial charge in [-0.25, -0.2) is 4.98 Å². The van der Waals surface area contributed by atoms with Crippen LogP contribution in [0, 0.1) is 12.3 Å². The number of fused-ring (bicyclic) bond motifs is 2. The minimum Gasteiger partial charge on any atom is -0.381 e. The van der Waals surface area contributed by atoms with Gasteiger partial charge in [-0.2, -0.15) is 0 Å². The predicted octanol–water partition coefficient (Wildman–Crippen LogP) is 2.05. The van der Waals surface area contributed by atoms with E-state index in [9.17, 15) is 0 Å². The number of ether oxygens (including phenoxy) is 1. The fraction of sp³-hybridized carbons (Fsp3) is 0.722. The lowest BCUT2D eigenvalue weighted by molar-refractivity contribution is 0.00118. The van der Waals surface area contributed by atoms with E-state index in [1.54, 1.807) is 0 Å². The highest BCUT2D eigenvalue weighted by molar-refractivity contribution is 5.56. The van der Waals surface area contributed by atoms with Gasteiger partial charge in [0.25, 0.3) is 0 Å². The zero-order valence-corrected chi connectivity index (χ0v) is 13.8. The first-order valence-electron chi connectivity index (χ1n) is 8.98. The Labute approximate surface area is 137 Å². The second-order valence-electron chi connectivity index (χ2n) is 8.21. The van der Waals surface area contributed by atoms with Crippen molar-refractivity contribution in [2.75, 3.05) is 23.4 Å². The van der Waals surface area contributed by atoms with Crippen LogP contribution in [-0.4, -0.2) is 42.4 Å². The fourth-order valence-electron chi connectivity index (χ4n) is 5.25. The second-order valence-corrected chi connectivity index (χ2v) is 8.21. The molecule has 5 nitrogen and oxygen atoms in total. The first-order chi connectivity index (χ1) is 11.1. The van der Waals surface area contributed by atoms with Crippen LogP contribution in [0.15, 0.2) is 12.1 Å². The maximum atomic E-state index is 5.94. The number of nitrogens with one attached hydrogen (secondary N) is 1. The van der Waals surface area contributed by atoms with Crippen LogP contribution in [0.1, 0.15) is 37.8 Å². The molecule has 2 unspecified atom stereocenters. The second kappa shape index (κ2) is 4.84. The van der Waals surface area contributed by atoms with Crippen LogP contribution in [0.3, 0.4) is 0 Å². The van der Waals surface area contributed by atoms with E-state index < -0.39 is 0 Å². The first kappa shape index (κ1) is 14.1. The van der Waals surface area contributed by atoms with Gasteiger partial charge in [0.2, 0.25) is 0 Å². The Balaban J connectivity index is 1.24. The monoisotopic (exact) mass is 314 g/mol. The van der Waals surface area contributed by atoms with Crippen LogP contribution in [0.4, 0.5) is 11.5 Å². The summed E-state index contributed by atoms with van der Waals surface area (Å²) in [4.78, 5) is 7.30. The molecule has 2 atom stereocenters. The molecule has 1 aromatic heterocycles. The SMILES string of the molecule is Cc1nc(N2C3COCC2C3)ccc1NC1CC2(CC(N)C2)C1. The van der Waals surface area contributed by atoms with E-state index in [1.165, 1.54) is 37.8 Å². The lowest BCUT2D eigenvalue weighted by Crippen LogP contribution is -2.64. The van der Waals surface area contributed by atoms with Gasteiger partial charge in [0.15, 0.2) is 0 Å². The number of nitrogens with two attached hydrogens (primary N) is 1. The van der Waals surface area contributed by atoms with Gasteiger partial charge in [0, 0.05) is 12.1 Å². The minimum atomic E-state index is 0.457. The van der Waals surface area contributed by atoms with Crippen molar-refractivity contribution in [3.05, 3.63) is 17.8 Å². The molecule has 4 fully saturated rings. The van der Waals surface area contributed by atoms with Crippen LogP contribution >= 0.6 is 0 Å². The number of anilines is 2. The van der Waals surface area contributed by atoms with E-state index in [0.717, 1.165) is 24.7 Å². The van der Waals surface area contributed by atoms with Gasteiger partial charge in [0.1, 0.15) is 5.82 Å². The molecule has 2 saturated carbocycles. The third-order valence-electron chi connectivity index (χ3n) is 6.40. The largest absolute Gasteiger partial charge is 0.381 e. The Morgan fingerprint density at radius 3 is 2.57 bits per heavy atom. The summed E-state index contributed by atoms with van der Waals surface area (Å²) in [6.45, 7) is 3.82. The van der Waals surface area contributed by atoms with Crippen molar-refractivity contribution in [1.29, 1.82) is 0 Å². The molecule has 1 spiro atoms. The fourth-order valence-corrected chi connectivity index (χ4v) is 5.25. The molecule has 0 radical (unpaired) electrons. The minimum absolute atomic E-state index is 0.457. The maximum absolute atomic E-state index is 5.94. The van der Waals surface area contributed by atoms with Crippen molar-refractivity contribution < 1.29 is 4.74 Å². The van der Waals surface area contributed by atoms with Gasteiger partial charge >= 0.3 is 0 Å². The van der Waals surface area contributed by atoms with Crippen LogP contribution < -0.4 is 16.0 Å². The number of hydrogen-bond donors (Lipinski definition) is 2. The van der Waals surface area contributed by atoms with Crippen molar-refractivity contribution >= 4 is 11.5 Å².